The van der Waals surface area contributed by atoms with E-state index in [2.05, 4.69) is 4.74 Å². The molecule has 1 saturated heterocycles. The first kappa shape index (κ1) is 12.4. The van der Waals surface area contributed by atoms with Gasteiger partial charge in [-0.25, -0.2) is 4.79 Å². The van der Waals surface area contributed by atoms with Crippen molar-refractivity contribution < 1.29 is 14.3 Å². The minimum absolute atomic E-state index is 0.0669. The maximum Gasteiger partial charge on any atom is 0.328 e. The lowest BCUT2D eigenvalue weighted by atomic mass is 10.2. The molecule has 0 aromatic carbocycles. The van der Waals surface area contributed by atoms with Crippen LogP contribution in [0, 0.1) is 0 Å². The average Bonchev–Trinajstić information content (AvgIpc) is 2.73. The molecule has 5 heteroatoms. The predicted molar refractivity (Wildman–Crippen MR) is 59.8 cm³/mol. The van der Waals surface area contributed by atoms with Gasteiger partial charge in [0.15, 0.2) is 0 Å². The molecule has 1 amide bonds. The molecule has 1 aliphatic rings. The number of rotatable bonds is 4. The summed E-state index contributed by atoms with van der Waals surface area (Å²) in [5, 5.41) is 0. The van der Waals surface area contributed by atoms with Crippen LogP contribution in [0.3, 0.4) is 0 Å². The Bertz CT molecular complexity index is 245. The quantitative estimate of drug-likeness (QED) is 0.675. The van der Waals surface area contributed by atoms with Gasteiger partial charge in [-0.2, -0.15) is 11.8 Å². The molecule has 4 nitrogen and oxygen atoms in total. The van der Waals surface area contributed by atoms with E-state index in [1.54, 1.807) is 16.7 Å². The van der Waals surface area contributed by atoms with E-state index < -0.39 is 0 Å². The molecular weight excluding hydrogens is 214 g/mol. The number of esters is 1. The maximum absolute atomic E-state index is 11.7. The third kappa shape index (κ3) is 3.12. The normalized spacial score (nSPS) is 20.4. The Morgan fingerprint density at radius 2 is 2.27 bits per heavy atom. The number of carbonyl (C=O) groups is 2. The molecule has 1 fully saturated rings. The Kier molecular flexibility index (Phi) is 4.94. The Labute approximate surface area is 94.3 Å². The van der Waals surface area contributed by atoms with Gasteiger partial charge >= 0.3 is 5.97 Å². The summed E-state index contributed by atoms with van der Waals surface area (Å²) in [4.78, 5) is 24.8. The van der Waals surface area contributed by atoms with Crippen molar-refractivity contribution in [1.29, 1.82) is 0 Å². The zero-order valence-corrected chi connectivity index (χ0v) is 10.0. The molecule has 15 heavy (non-hydrogen) atoms. The first-order chi connectivity index (χ1) is 7.20. The summed E-state index contributed by atoms with van der Waals surface area (Å²) in [6, 6.07) is -0.343. The summed E-state index contributed by atoms with van der Waals surface area (Å²) in [5.41, 5.74) is 0. The molecular formula is C10H17NO3S. The first-order valence-electron chi connectivity index (χ1n) is 5.07. The van der Waals surface area contributed by atoms with Crippen molar-refractivity contribution in [2.24, 2.45) is 0 Å². The SMILES string of the molecule is COC(=O)[C@H]1CCCN1C(=O)CCSC. The fourth-order valence-corrected chi connectivity index (χ4v) is 2.16. The van der Waals surface area contributed by atoms with Crippen molar-refractivity contribution >= 4 is 23.6 Å². The molecule has 0 aliphatic carbocycles. The van der Waals surface area contributed by atoms with E-state index in [4.69, 9.17) is 0 Å². The van der Waals surface area contributed by atoms with Crippen LogP contribution in [0.15, 0.2) is 0 Å². The highest BCUT2D eigenvalue weighted by Gasteiger charge is 2.34. The lowest BCUT2D eigenvalue weighted by molar-refractivity contribution is -0.150. The molecule has 1 heterocycles. The highest BCUT2D eigenvalue weighted by Crippen LogP contribution is 2.19. The van der Waals surface area contributed by atoms with Gasteiger partial charge < -0.3 is 9.64 Å². The van der Waals surface area contributed by atoms with E-state index in [1.165, 1.54) is 7.11 Å². The summed E-state index contributed by atoms with van der Waals surface area (Å²) >= 11 is 1.64. The van der Waals surface area contributed by atoms with Crippen LogP contribution >= 0.6 is 11.8 Å². The highest BCUT2D eigenvalue weighted by molar-refractivity contribution is 7.98. The van der Waals surface area contributed by atoms with Crippen LogP contribution < -0.4 is 0 Å². The maximum atomic E-state index is 11.7. The van der Waals surface area contributed by atoms with Crippen molar-refractivity contribution in [2.75, 3.05) is 25.7 Å². The Balaban J connectivity index is 2.52. The van der Waals surface area contributed by atoms with E-state index >= 15 is 0 Å². The molecule has 86 valence electrons. The van der Waals surface area contributed by atoms with E-state index in [0.717, 1.165) is 18.6 Å². The Morgan fingerprint density at radius 3 is 2.87 bits per heavy atom. The molecule has 0 radical (unpaired) electrons. The number of likely N-dealkylation sites (tertiary alicyclic amines) is 1. The standard InChI is InChI=1S/C10H17NO3S/c1-14-10(13)8-4-3-6-11(8)9(12)5-7-15-2/h8H,3-7H2,1-2H3/t8-/m1/s1. The number of methoxy groups -OCH3 is 1. The van der Waals surface area contributed by atoms with Crippen LogP contribution in [0.2, 0.25) is 0 Å². The van der Waals surface area contributed by atoms with Crippen molar-refractivity contribution in [1.82, 2.24) is 4.90 Å². The van der Waals surface area contributed by atoms with Crippen LogP contribution in [-0.4, -0.2) is 48.5 Å². The van der Waals surface area contributed by atoms with Crippen LogP contribution in [0.1, 0.15) is 19.3 Å². The summed E-state index contributed by atoms with van der Waals surface area (Å²) in [7, 11) is 1.37. The molecule has 0 unspecified atom stereocenters. The zero-order valence-electron chi connectivity index (χ0n) is 9.19. The smallest absolute Gasteiger partial charge is 0.328 e. The van der Waals surface area contributed by atoms with E-state index in [1.807, 2.05) is 6.26 Å². The van der Waals surface area contributed by atoms with Gasteiger partial charge in [0.1, 0.15) is 6.04 Å². The summed E-state index contributed by atoms with van der Waals surface area (Å²) < 4.78 is 4.68. The number of thioether (sulfide) groups is 1. The fraction of sp³-hybridized carbons (Fsp3) is 0.800. The van der Waals surface area contributed by atoms with Crippen LogP contribution in [-0.2, 0) is 14.3 Å². The molecule has 1 aliphatic heterocycles. The van der Waals surface area contributed by atoms with Crippen LogP contribution in [0.25, 0.3) is 0 Å². The van der Waals surface area contributed by atoms with Crippen molar-refractivity contribution in [3.8, 4) is 0 Å². The molecule has 0 aromatic rings. The second-order valence-corrected chi connectivity index (χ2v) is 4.50. The number of ether oxygens (including phenoxy) is 1. The van der Waals surface area contributed by atoms with Gasteiger partial charge in [0.05, 0.1) is 7.11 Å². The average molecular weight is 231 g/mol. The van der Waals surface area contributed by atoms with E-state index in [0.29, 0.717) is 13.0 Å². The van der Waals surface area contributed by atoms with Crippen LogP contribution in [0.5, 0.6) is 0 Å². The third-order valence-electron chi connectivity index (χ3n) is 2.57. The lowest BCUT2D eigenvalue weighted by Crippen LogP contribution is -2.41. The summed E-state index contributed by atoms with van der Waals surface area (Å²) in [6.45, 7) is 0.687. The highest BCUT2D eigenvalue weighted by atomic mass is 32.2. The largest absolute Gasteiger partial charge is 0.467 e. The number of amides is 1. The fourth-order valence-electron chi connectivity index (χ4n) is 1.78. The topological polar surface area (TPSA) is 46.6 Å². The third-order valence-corrected chi connectivity index (χ3v) is 3.18. The number of carbonyl (C=O) groups excluding carboxylic acids is 2. The van der Waals surface area contributed by atoms with Crippen LogP contribution in [0.4, 0.5) is 0 Å². The predicted octanol–water partition coefficient (Wildman–Crippen LogP) is 0.903. The molecule has 0 spiro atoms. The molecule has 0 N–H and O–H groups in total. The minimum Gasteiger partial charge on any atom is -0.467 e. The van der Waals surface area contributed by atoms with E-state index in [-0.39, 0.29) is 17.9 Å². The van der Waals surface area contributed by atoms with Gasteiger partial charge in [0, 0.05) is 18.7 Å². The first-order valence-corrected chi connectivity index (χ1v) is 6.46. The van der Waals surface area contributed by atoms with Gasteiger partial charge in [0.2, 0.25) is 5.91 Å². The lowest BCUT2D eigenvalue weighted by Gasteiger charge is -2.22. The molecule has 0 saturated carbocycles. The van der Waals surface area contributed by atoms with E-state index in [9.17, 15) is 9.59 Å². The second kappa shape index (κ2) is 6.00. The summed E-state index contributed by atoms with van der Waals surface area (Å²) in [6.07, 6.45) is 4.10. The van der Waals surface area contributed by atoms with Gasteiger partial charge in [0.25, 0.3) is 0 Å². The van der Waals surface area contributed by atoms with Gasteiger partial charge in [-0.3, -0.25) is 4.79 Å². The van der Waals surface area contributed by atoms with Gasteiger partial charge in [-0.1, -0.05) is 0 Å². The van der Waals surface area contributed by atoms with Crippen molar-refractivity contribution in [3.63, 3.8) is 0 Å². The molecule has 1 atom stereocenters. The Hall–Kier alpha value is -0.710. The molecule has 0 bridgehead atoms. The summed E-state index contributed by atoms with van der Waals surface area (Å²) in [5.74, 6) is 0.589. The zero-order chi connectivity index (χ0) is 11.3. The van der Waals surface area contributed by atoms with Gasteiger partial charge in [-0.15, -0.1) is 0 Å². The van der Waals surface area contributed by atoms with Crippen molar-refractivity contribution in [2.45, 2.75) is 25.3 Å². The number of hydrogen-bond acceptors (Lipinski definition) is 4. The van der Waals surface area contributed by atoms with Gasteiger partial charge in [-0.05, 0) is 19.1 Å². The second-order valence-electron chi connectivity index (χ2n) is 3.51. The monoisotopic (exact) mass is 231 g/mol. The number of nitrogens with zero attached hydrogens (tertiary/aromatic N) is 1. The Morgan fingerprint density at radius 1 is 1.53 bits per heavy atom. The molecule has 0 aromatic heterocycles. The van der Waals surface area contributed by atoms with Crippen molar-refractivity contribution in [3.05, 3.63) is 0 Å². The number of hydrogen-bond donors (Lipinski definition) is 0. The minimum atomic E-state index is -0.343. The molecule has 1 rings (SSSR count).